The summed E-state index contributed by atoms with van der Waals surface area (Å²) >= 11 is -1.12. The Hall–Kier alpha value is -0.0200. The first-order chi connectivity index (χ1) is 3.80. The van der Waals surface area contributed by atoms with Crippen LogP contribution in [0.1, 0.15) is 19.3 Å². The van der Waals surface area contributed by atoms with E-state index in [0.29, 0.717) is 12.2 Å². The molecule has 1 atom stereocenters. The Morgan fingerprint density at radius 2 is 2.25 bits per heavy atom. The molecule has 0 aromatic heterocycles. The summed E-state index contributed by atoms with van der Waals surface area (Å²) in [5.74, 6) is 0.596. The van der Waals surface area contributed by atoms with Crippen LogP contribution in [0.4, 0.5) is 0 Å². The monoisotopic (exact) mass is 132 g/mol. The summed E-state index contributed by atoms with van der Waals surface area (Å²) < 4.78 is 10.6. The Kier molecular flexibility index (Phi) is 1.91. The minimum absolute atomic E-state index is 0.0590. The molecule has 1 unspecified atom stereocenters. The van der Waals surface area contributed by atoms with E-state index >= 15 is 0 Å². The van der Waals surface area contributed by atoms with Crippen LogP contribution in [0.3, 0.4) is 0 Å². The number of hydrogen-bond acceptors (Lipinski definition) is 2. The first-order valence-electron chi connectivity index (χ1n) is 2.72. The average molecular weight is 132 g/mol. The molecule has 1 saturated heterocycles. The molecule has 0 amide bonds. The van der Waals surface area contributed by atoms with Crippen LogP contribution >= 0.6 is 0 Å². The Bertz CT molecular complexity index is 103. The highest BCUT2D eigenvalue weighted by atomic mass is 32.2. The molecule has 0 spiro atoms. The van der Waals surface area contributed by atoms with Gasteiger partial charge in [-0.15, -0.1) is 0 Å². The third kappa shape index (κ3) is 1.23. The Morgan fingerprint density at radius 3 is 2.62 bits per heavy atom. The lowest BCUT2D eigenvalue weighted by atomic mass is 10.3. The molecule has 0 aliphatic carbocycles. The van der Waals surface area contributed by atoms with Crippen molar-refractivity contribution in [1.29, 1.82) is 0 Å². The maximum Gasteiger partial charge on any atom is 0.328 e. The van der Waals surface area contributed by atoms with Gasteiger partial charge in [0.05, 0.1) is 6.42 Å². The summed E-state index contributed by atoms with van der Waals surface area (Å²) in [5, 5.41) is -0.0590. The molecule has 0 saturated carbocycles. The van der Waals surface area contributed by atoms with Crippen LogP contribution in [0.25, 0.3) is 0 Å². The van der Waals surface area contributed by atoms with E-state index in [2.05, 4.69) is 0 Å². The molecule has 1 aliphatic rings. The van der Waals surface area contributed by atoms with E-state index in [1.54, 1.807) is 0 Å². The molecule has 0 aromatic rings. The van der Waals surface area contributed by atoms with E-state index in [1.807, 2.05) is 0 Å². The van der Waals surface area contributed by atoms with Crippen molar-refractivity contribution in [3.8, 4) is 0 Å². The second-order valence-electron chi connectivity index (χ2n) is 1.88. The number of carbonyl (C=O) groups excluding carboxylic acids is 1. The van der Waals surface area contributed by atoms with Gasteiger partial charge in [-0.2, -0.15) is 0 Å². The van der Waals surface area contributed by atoms with E-state index in [4.69, 9.17) is 0 Å². The second-order valence-corrected chi connectivity index (χ2v) is 3.43. The molecule has 3 heteroatoms. The maximum absolute atomic E-state index is 10.6. The second kappa shape index (κ2) is 2.51. The van der Waals surface area contributed by atoms with E-state index in [9.17, 15) is 9.35 Å². The normalized spacial score (nSPS) is 30.6. The van der Waals surface area contributed by atoms with Crippen LogP contribution in [0.5, 0.6) is 0 Å². The summed E-state index contributed by atoms with van der Waals surface area (Å²) in [5.41, 5.74) is 0. The fraction of sp³-hybridized carbons (Fsp3) is 0.800. The summed E-state index contributed by atoms with van der Waals surface area (Å²) in [4.78, 5) is 10.5. The molecule has 2 nitrogen and oxygen atoms in total. The van der Waals surface area contributed by atoms with Gasteiger partial charge >= 0.3 is 5.12 Å². The minimum Gasteiger partial charge on any atom is -0.609 e. The number of rotatable bonds is 0. The highest BCUT2D eigenvalue weighted by Gasteiger charge is 2.22. The Morgan fingerprint density at radius 1 is 1.50 bits per heavy atom. The van der Waals surface area contributed by atoms with Gasteiger partial charge < -0.3 is 4.55 Å². The van der Waals surface area contributed by atoms with Gasteiger partial charge in [0, 0.05) is 11.2 Å². The SMILES string of the molecule is O=C1CCCC[S+]1[O-]. The summed E-state index contributed by atoms with van der Waals surface area (Å²) in [6.45, 7) is 0. The van der Waals surface area contributed by atoms with Crippen LogP contribution < -0.4 is 0 Å². The van der Waals surface area contributed by atoms with Crippen molar-refractivity contribution in [2.24, 2.45) is 0 Å². The molecule has 46 valence electrons. The molecule has 0 N–H and O–H groups in total. The lowest BCUT2D eigenvalue weighted by Crippen LogP contribution is -2.22. The smallest absolute Gasteiger partial charge is 0.328 e. The zero-order valence-corrected chi connectivity index (χ0v) is 5.37. The van der Waals surface area contributed by atoms with Gasteiger partial charge in [-0.05, 0) is 12.8 Å². The summed E-state index contributed by atoms with van der Waals surface area (Å²) in [7, 11) is 0. The van der Waals surface area contributed by atoms with Crippen molar-refractivity contribution in [2.75, 3.05) is 5.75 Å². The molecule has 1 aliphatic heterocycles. The third-order valence-corrected chi connectivity index (χ3v) is 2.59. The van der Waals surface area contributed by atoms with E-state index in [1.165, 1.54) is 0 Å². The van der Waals surface area contributed by atoms with Gasteiger partial charge in [0.1, 0.15) is 5.75 Å². The van der Waals surface area contributed by atoms with Gasteiger partial charge in [-0.1, -0.05) is 0 Å². The highest BCUT2D eigenvalue weighted by Crippen LogP contribution is 2.11. The minimum atomic E-state index is -1.12. The molecule has 1 heterocycles. The fourth-order valence-corrected chi connectivity index (χ4v) is 1.80. The largest absolute Gasteiger partial charge is 0.609 e. The maximum atomic E-state index is 10.6. The predicted molar refractivity (Wildman–Crippen MR) is 31.9 cm³/mol. The Labute approximate surface area is 51.4 Å². The van der Waals surface area contributed by atoms with Crippen LogP contribution in [0.2, 0.25) is 0 Å². The van der Waals surface area contributed by atoms with Gasteiger partial charge in [0.25, 0.3) is 0 Å². The van der Waals surface area contributed by atoms with Crippen molar-refractivity contribution in [2.45, 2.75) is 19.3 Å². The number of carbonyl (C=O) groups is 1. The van der Waals surface area contributed by atoms with E-state index in [-0.39, 0.29) is 5.12 Å². The molecule has 1 rings (SSSR count). The van der Waals surface area contributed by atoms with Crippen molar-refractivity contribution in [3.63, 3.8) is 0 Å². The zero-order chi connectivity index (χ0) is 5.98. The molecule has 0 aromatic carbocycles. The van der Waals surface area contributed by atoms with Crippen molar-refractivity contribution in [3.05, 3.63) is 0 Å². The Balaban J connectivity index is 2.39. The zero-order valence-electron chi connectivity index (χ0n) is 4.55. The van der Waals surface area contributed by atoms with Gasteiger partial charge in [0.15, 0.2) is 0 Å². The van der Waals surface area contributed by atoms with Crippen molar-refractivity contribution < 1.29 is 9.35 Å². The van der Waals surface area contributed by atoms with Crippen LogP contribution in [0, 0.1) is 0 Å². The first kappa shape index (κ1) is 6.11. The van der Waals surface area contributed by atoms with Gasteiger partial charge in [0.2, 0.25) is 0 Å². The molecule has 0 radical (unpaired) electrons. The third-order valence-electron chi connectivity index (χ3n) is 1.21. The predicted octanol–water partition coefficient (Wildman–Crippen LogP) is 0.446. The van der Waals surface area contributed by atoms with Crippen LogP contribution in [-0.2, 0) is 16.0 Å². The topological polar surface area (TPSA) is 40.1 Å². The quantitative estimate of drug-likeness (QED) is 0.449. The van der Waals surface area contributed by atoms with Crippen molar-refractivity contribution >= 4 is 16.3 Å². The summed E-state index contributed by atoms with van der Waals surface area (Å²) in [6.07, 6.45) is 2.43. The number of hydrogen-bond donors (Lipinski definition) is 0. The summed E-state index contributed by atoms with van der Waals surface area (Å²) in [6, 6.07) is 0. The van der Waals surface area contributed by atoms with Crippen LogP contribution in [-0.4, -0.2) is 15.4 Å². The standard InChI is InChI=1S/C5H8O2S/c6-5-3-1-2-4-8(5)7/h1-4H2. The van der Waals surface area contributed by atoms with Gasteiger partial charge in [-0.25, -0.2) is 4.79 Å². The van der Waals surface area contributed by atoms with Crippen LogP contribution in [0.15, 0.2) is 0 Å². The lowest BCUT2D eigenvalue weighted by molar-refractivity contribution is -0.112. The molecule has 0 bridgehead atoms. The fourth-order valence-electron chi connectivity index (χ4n) is 0.730. The first-order valence-corrected chi connectivity index (χ1v) is 4.04. The van der Waals surface area contributed by atoms with E-state index in [0.717, 1.165) is 12.8 Å². The lowest BCUT2D eigenvalue weighted by Gasteiger charge is -2.12. The molecular formula is C5H8O2S. The molecule has 1 fully saturated rings. The van der Waals surface area contributed by atoms with E-state index < -0.39 is 11.2 Å². The van der Waals surface area contributed by atoms with Gasteiger partial charge in [-0.3, -0.25) is 0 Å². The molecular weight excluding hydrogens is 124 g/mol. The van der Waals surface area contributed by atoms with Crippen molar-refractivity contribution in [1.82, 2.24) is 0 Å². The average Bonchev–Trinajstić information content (AvgIpc) is 1.77. The highest BCUT2D eigenvalue weighted by molar-refractivity contribution is 8.06. The molecule has 8 heavy (non-hydrogen) atoms.